The Morgan fingerprint density at radius 3 is 2.45 bits per heavy atom. The first-order valence-electron chi connectivity index (χ1n) is 7.18. The van der Waals surface area contributed by atoms with Crippen molar-refractivity contribution in [3.8, 4) is 0 Å². The van der Waals surface area contributed by atoms with E-state index in [0.29, 0.717) is 6.54 Å². The highest BCUT2D eigenvalue weighted by molar-refractivity contribution is 5.15. The van der Waals surface area contributed by atoms with Crippen molar-refractivity contribution in [3.63, 3.8) is 0 Å². The van der Waals surface area contributed by atoms with Crippen LogP contribution in [0.2, 0.25) is 0 Å². The molecule has 1 N–H and O–H groups in total. The van der Waals surface area contributed by atoms with Gasteiger partial charge in [-0.25, -0.2) is 4.98 Å². The minimum absolute atomic E-state index is 0.0616. The Labute approximate surface area is 121 Å². The van der Waals surface area contributed by atoms with Crippen LogP contribution < -0.4 is 5.32 Å². The first-order valence-corrected chi connectivity index (χ1v) is 7.18. The molecule has 0 spiro atoms. The number of nitrogens with one attached hydrogen (secondary N) is 1. The van der Waals surface area contributed by atoms with Crippen molar-refractivity contribution in [2.75, 3.05) is 0 Å². The molecule has 2 rings (SSSR count). The molecule has 3 nitrogen and oxygen atoms in total. The number of oxazole rings is 1. The Balaban J connectivity index is 1.84. The van der Waals surface area contributed by atoms with Crippen LogP contribution in [0.4, 0.5) is 0 Å². The summed E-state index contributed by atoms with van der Waals surface area (Å²) in [5.41, 5.74) is 2.42. The molecule has 1 heterocycles. The van der Waals surface area contributed by atoms with Crippen molar-refractivity contribution < 1.29 is 4.42 Å². The average molecular weight is 272 g/mol. The Hall–Kier alpha value is -1.61. The van der Waals surface area contributed by atoms with Gasteiger partial charge in [0.25, 0.3) is 0 Å². The Morgan fingerprint density at radius 1 is 1.15 bits per heavy atom. The smallest absolute Gasteiger partial charge is 0.208 e. The molecule has 0 saturated carbocycles. The summed E-state index contributed by atoms with van der Waals surface area (Å²) in [5.74, 6) is 1.68. The lowest BCUT2D eigenvalue weighted by Gasteiger charge is -2.25. The quantitative estimate of drug-likeness (QED) is 0.869. The third-order valence-corrected chi connectivity index (χ3v) is 3.67. The summed E-state index contributed by atoms with van der Waals surface area (Å²) in [6.07, 6.45) is 2.15. The Bertz CT molecular complexity index is 524. The molecule has 0 amide bonds. The van der Waals surface area contributed by atoms with Gasteiger partial charge in [0, 0.05) is 5.54 Å². The van der Waals surface area contributed by atoms with Crippen LogP contribution in [0.5, 0.6) is 0 Å². The standard InChI is InChI=1S/C17H24N2O/c1-13-14(2)20-16(19-13)12-18-17(3,4)11-10-15-8-6-5-7-9-15/h5-9,18H,10-12H2,1-4H3. The van der Waals surface area contributed by atoms with Gasteiger partial charge in [-0.3, -0.25) is 0 Å². The van der Waals surface area contributed by atoms with Crippen molar-refractivity contribution in [2.45, 2.75) is 52.6 Å². The summed E-state index contributed by atoms with van der Waals surface area (Å²) >= 11 is 0. The molecule has 0 saturated heterocycles. The van der Waals surface area contributed by atoms with E-state index in [0.717, 1.165) is 30.2 Å². The first kappa shape index (κ1) is 14.8. The van der Waals surface area contributed by atoms with Crippen LogP contribution >= 0.6 is 0 Å². The van der Waals surface area contributed by atoms with Crippen molar-refractivity contribution in [1.29, 1.82) is 0 Å². The zero-order valence-electron chi connectivity index (χ0n) is 12.9. The van der Waals surface area contributed by atoms with Crippen molar-refractivity contribution in [2.24, 2.45) is 0 Å². The molecule has 0 aliphatic heterocycles. The molecule has 0 radical (unpaired) electrons. The van der Waals surface area contributed by atoms with E-state index in [9.17, 15) is 0 Å². The SMILES string of the molecule is Cc1nc(CNC(C)(C)CCc2ccccc2)oc1C. The predicted octanol–water partition coefficient (Wildman–Crippen LogP) is 3.79. The largest absolute Gasteiger partial charge is 0.444 e. The van der Waals surface area contributed by atoms with Gasteiger partial charge in [-0.15, -0.1) is 0 Å². The maximum Gasteiger partial charge on any atom is 0.208 e. The number of hydrogen-bond acceptors (Lipinski definition) is 3. The molecule has 0 bridgehead atoms. The molecule has 108 valence electrons. The fraction of sp³-hybridized carbons (Fsp3) is 0.471. The molecule has 0 aliphatic carbocycles. The summed E-state index contributed by atoms with van der Waals surface area (Å²) in [6, 6.07) is 10.6. The lowest BCUT2D eigenvalue weighted by molar-refractivity contribution is 0.333. The lowest BCUT2D eigenvalue weighted by atomic mass is 9.95. The summed E-state index contributed by atoms with van der Waals surface area (Å²) in [7, 11) is 0. The van der Waals surface area contributed by atoms with Gasteiger partial charge in [0.2, 0.25) is 5.89 Å². The summed E-state index contributed by atoms with van der Waals surface area (Å²) in [6.45, 7) is 9.04. The topological polar surface area (TPSA) is 38.1 Å². The van der Waals surface area contributed by atoms with E-state index in [2.05, 4.69) is 54.5 Å². The van der Waals surface area contributed by atoms with E-state index in [4.69, 9.17) is 4.42 Å². The van der Waals surface area contributed by atoms with Crippen LogP contribution in [0, 0.1) is 13.8 Å². The zero-order valence-corrected chi connectivity index (χ0v) is 12.9. The molecule has 1 aromatic heterocycles. The summed E-state index contributed by atoms with van der Waals surface area (Å²) < 4.78 is 5.60. The van der Waals surface area contributed by atoms with Crippen molar-refractivity contribution >= 4 is 0 Å². The van der Waals surface area contributed by atoms with E-state index in [1.807, 2.05) is 13.8 Å². The molecule has 0 atom stereocenters. The Morgan fingerprint density at radius 2 is 1.85 bits per heavy atom. The second kappa shape index (κ2) is 6.23. The maximum atomic E-state index is 5.60. The third-order valence-electron chi connectivity index (χ3n) is 3.67. The van der Waals surface area contributed by atoms with Gasteiger partial charge in [0.15, 0.2) is 0 Å². The minimum atomic E-state index is 0.0616. The summed E-state index contributed by atoms with van der Waals surface area (Å²) in [5, 5.41) is 3.53. The molecule has 2 aromatic rings. The van der Waals surface area contributed by atoms with Crippen LogP contribution in [0.3, 0.4) is 0 Å². The van der Waals surface area contributed by atoms with Gasteiger partial charge in [-0.1, -0.05) is 30.3 Å². The maximum absolute atomic E-state index is 5.60. The number of aromatic nitrogens is 1. The van der Waals surface area contributed by atoms with E-state index in [-0.39, 0.29) is 5.54 Å². The number of nitrogens with zero attached hydrogens (tertiary/aromatic N) is 1. The zero-order chi connectivity index (χ0) is 14.6. The molecule has 3 heteroatoms. The molecule has 0 aliphatic rings. The van der Waals surface area contributed by atoms with E-state index < -0.39 is 0 Å². The molecular formula is C17H24N2O. The highest BCUT2D eigenvalue weighted by Crippen LogP contribution is 2.15. The molecule has 20 heavy (non-hydrogen) atoms. The second-order valence-corrected chi connectivity index (χ2v) is 5.97. The number of hydrogen-bond donors (Lipinski definition) is 1. The van der Waals surface area contributed by atoms with Gasteiger partial charge in [-0.2, -0.15) is 0 Å². The van der Waals surface area contributed by atoms with Crippen LogP contribution in [-0.4, -0.2) is 10.5 Å². The molecule has 1 aromatic carbocycles. The number of aryl methyl sites for hydroxylation is 3. The minimum Gasteiger partial charge on any atom is -0.444 e. The van der Waals surface area contributed by atoms with Gasteiger partial charge in [-0.05, 0) is 46.1 Å². The third kappa shape index (κ3) is 4.20. The second-order valence-electron chi connectivity index (χ2n) is 5.97. The first-order chi connectivity index (χ1) is 9.46. The predicted molar refractivity (Wildman–Crippen MR) is 81.7 cm³/mol. The van der Waals surface area contributed by atoms with Gasteiger partial charge >= 0.3 is 0 Å². The van der Waals surface area contributed by atoms with Crippen molar-refractivity contribution in [3.05, 3.63) is 53.2 Å². The highest BCUT2D eigenvalue weighted by Gasteiger charge is 2.18. The Kier molecular flexibility index (Phi) is 4.61. The number of benzene rings is 1. The molecule has 0 fully saturated rings. The normalized spacial score (nSPS) is 11.8. The summed E-state index contributed by atoms with van der Waals surface area (Å²) in [4.78, 5) is 4.40. The molecule has 0 unspecified atom stereocenters. The van der Waals surface area contributed by atoms with Gasteiger partial charge in [0.05, 0.1) is 12.2 Å². The average Bonchev–Trinajstić information content (AvgIpc) is 2.75. The lowest BCUT2D eigenvalue weighted by Crippen LogP contribution is -2.39. The van der Waals surface area contributed by atoms with Crippen LogP contribution in [0.15, 0.2) is 34.7 Å². The van der Waals surface area contributed by atoms with Crippen LogP contribution in [-0.2, 0) is 13.0 Å². The van der Waals surface area contributed by atoms with E-state index in [1.165, 1.54) is 5.56 Å². The number of rotatable bonds is 6. The monoisotopic (exact) mass is 272 g/mol. The fourth-order valence-electron chi connectivity index (χ4n) is 2.12. The van der Waals surface area contributed by atoms with Gasteiger partial charge in [0.1, 0.15) is 5.76 Å². The molecular weight excluding hydrogens is 248 g/mol. The van der Waals surface area contributed by atoms with Crippen LogP contribution in [0.25, 0.3) is 0 Å². The van der Waals surface area contributed by atoms with E-state index >= 15 is 0 Å². The van der Waals surface area contributed by atoms with Gasteiger partial charge < -0.3 is 9.73 Å². The van der Waals surface area contributed by atoms with E-state index in [1.54, 1.807) is 0 Å². The van der Waals surface area contributed by atoms with Crippen molar-refractivity contribution in [1.82, 2.24) is 10.3 Å². The fourth-order valence-corrected chi connectivity index (χ4v) is 2.12. The van der Waals surface area contributed by atoms with Crippen LogP contribution in [0.1, 0.15) is 43.2 Å². The highest BCUT2D eigenvalue weighted by atomic mass is 16.4.